The smallest absolute Gasteiger partial charge is 0.182 e. The van der Waals surface area contributed by atoms with Gasteiger partial charge in [-0.1, -0.05) is 18.2 Å². The number of anilines is 1. The van der Waals surface area contributed by atoms with Crippen molar-refractivity contribution in [2.45, 2.75) is 13.3 Å². The molecule has 0 atom stereocenters. The van der Waals surface area contributed by atoms with Crippen LogP contribution in [0.5, 0.6) is 5.75 Å². The minimum Gasteiger partial charge on any atom is -0.493 e. The van der Waals surface area contributed by atoms with Crippen molar-refractivity contribution in [1.82, 2.24) is 0 Å². The maximum atomic E-state index is 12.5. The van der Waals surface area contributed by atoms with Gasteiger partial charge in [-0.3, -0.25) is 4.79 Å². The fourth-order valence-corrected chi connectivity index (χ4v) is 2.65. The molecule has 0 spiro atoms. The van der Waals surface area contributed by atoms with Gasteiger partial charge in [-0.25, -0.2) is 0 Å². The van der Waals surface area contributed by atoms with Crippen molar-refractivity contribution >= 4 is 11.5 Å². The van der Waals surface area contributed by atoms with Gasteiger partial charge in [-0.2, -0.15) is 0 Å². The first-order valence-corrected chi connectivity index (χ1v) is 7.37. The fourth-order valence-electron chi connectivity index (χ4n) is 2.65. The summed E-state index contributed by atoms with van der Waals surface area (Å²) in [5.41, 5.74) is 3.00. The summed E-state index contributed by atoms with van der Waals surface area (Å²) in [6, 6.07) is 15.8. The standard InChI is InChI=1S/C18H19NO2/c1-2-19(16-6-4-3-5-7-16)13-17(20)14-8-9-18-15(12-14)10-11-21-18/h3-9,12H,2,10-11,13H2,1H3. The van der Waals surface area contributed by atoms with Gasteiger partial charge in [-0.15, -0.1) is 0 Å². The summed E-state index contributed by atoms with van der Waals surface area (Å²) >= 11 is 0. The highest BCUT2D eigenvalue weighted by molar-refractivity contribution is 5.99. The lowest BCUT2D eigenvalue weighted by molar-refractivity contribution is 0.0999. The maximum absolute atomic E-state index is 12.5. The molecule has 0 aliphatic carbocycles. The summed E-state index contributed by atoms with van der Waals surface area (Å²) in [4.78, 5) is 14.6. The fraction of sp³-hybridized carbons (Fsp3) is 0.278. The van der Waals surface area contributed by atoms with Gasteiger partial charge in [0, 0.05) is 24.2 Å². The molecule has 0 unspecified atom stereocenters. The van der Waals surface area contributed by atoms with Crippen molar-refractivity contribution in [3.63, 3.8) is 0 Å². The molecule has 0 amide bonds. The summed E-state index contributed by atoms with van der Waals surface area (Å²) in [7, 11) is 0. The van der Waals surface area contributed by atoms with Crippen LogP contribution in [0.3, 0.4) is 0 Å². The predicted octanol–water partition coefficient (Wildman–Crippen LogP) is 3.33. The maximum Gasteiger partial charge on any atom is 0.182 e. The molecule has 0 N–H and O–H groups in total. The Morgan fingerprint density at radius 2 is 2.00 bits per heavy atom. The highest BCUT2D eigenvalue weighted by Crippen LogP contribution is 2.26. The number of fused-ring (bicyclic) bond motifs is 1. The number of hydrogen-bond donors (Lipinski definition) is 0. The molecule has 0 saturated carbocycles. The van der Waals surface area contributed by atoms with E-state index in [1.807, 2.05) is 48.5 Å². The second-order valence-corrected chi connectivity index (χ2v) is 5.19. The number of hydrogen-bond acceptors (Lipinski definition) is 3. The van der Waals surface area contributed by atoms with Gasteiger partial charge < -0.3 is 9.64 Å². The van der Waals surface area contributed by atoms with E-state index >= 15 is 0 Å². The molecule has 2 aromatic rings. The van der Waals surface area contributed by atoms with Crippen LogP contribution in [-0.2, 0) is 6.42 Å². The predicted molar refractivity (Wildman–Crippen MR) is 84.3 cm³/mol. The number of rotatable bonds is 5. The Bertz CT molecular complexity index is 637. The molecule has 1 heterocycles. The molecule has 3 nitrogen and oxygen atoms in total. The number of carbonyl (C=O) groups excluding carboxylic acids is 1. The topological polar surface area (TPSA) is 29.5 Å². The molecular weight excluding hydrogens is 262 g/mol. The number of likely N-dealkylation sites (N-methyl/N-ethyl adjacent to an activating group) is 1. The number of carbonyl (C=O) groups is 1. The van der Waals surface area contributed by atoms with Crippen LogP contribution >= 0.6 is 0 Å². The Morgan fingerprint density at radius 3 is 2.76 bits per heavy atom. The van der Waals surface area contributed by atoms with Crippen LogP contribution in [0.2, 0.25) is 0 Å². The van der Waals surface area contributed by atoms with Crippen LogP contribution in [0.1, 0.15) is 22.8 Å². The lowest BCUT2D eigenvalue weighted by atomic mass is 10.0. The van der Waals surface area contributed by atoms with Crippen LogP contribution in [0.25, 0.3) is 0 Å². The third-order valence-electron chi connectivity index (χ3n) is 3.85. The Balaban J connectivity index is 1.76. The van der Waals surface area contributed by atoms with Crippen molar-refractivity contribution in [3.8, 4) is 5.75 Å². The molecule has 108 valence electrons. The molecule has 0 bridgehead atoms. The first-order chi connectivity index (χ1) is 10.3. The van der Waals surface area contributed by atoms with E-state index in [-0.39, 0.29) is 5.78 Å². The number of nitrogens with zero attached hydrogens (tertiary/aromatic N) is 1. The Hall–Kier alpha value is -2.29. The molecule has 1 aliphatic rings. The Morgan fingerprint density at radius 1 is 1.19 bits per heavy atom. The van der Waals surface area contributed by atoms with E-state index in [4.69, 9.17) is 4.74 Å². The lowest BCUT2D eigenvalue weighted by Gasteiger charge is -2.22. The zero-order chi connectivity index (χ0) is 14.7. The molecular formula is C18H19NO2. The number of ketones is 1. The van der Waals surface area contributed by atoms with Gasteiger partial charge >= 0.3 is 0 Å². The van der Waals surface area contributed by atoms with E-state index in [1.165, 1.54) is 0 Å². The molecule has 0 fully saturated rings. The summed E-state index contributed by atoms with van der Waals surface area (Å²) < 4.78 is 5.48. The summed E-state index contributed by atoms with van der Waals surface area (Å²) in [6.07, 6.45) is 0.895. The Labute approximate surface area is 125 Å². The van der Waals surface area contributed by atoms with E-state index in [9.17, 15) is 4.79 Å². The van der Waals surface area contributed by atoms with Crippen LogP contribution in [0, 0.1) is 0 Å². The van der Waals surface area contributed by atoms with Gasteiger partial charge in [0.15, 0.2) is 5.78 Å². The SMILES string of the molecule is CCN(CC(=O)c1ccc2c(c1)CCO2)c1ccccc1. The summed E-state index contributed by atoms with van der Waals surface area (Å²) in [6.45, 7) is 4.00. The average molecular weight is 281 g/mol. The van der Waals surface area contributed by atoms with Crippen LogP contribution in [0.4, 0.5) is 5.69 Å². The van der Waals surface area contributed by atoms with Gasteiger partial charge in [0.2, 0.25) is 0 Å². The van der Waals surface area contributed by atoms with Gasteiger partial charge in [0.05, 0.1) is 13.2 Å². The van der Waals surface area contributed by atoms with Crippen molar-refractivity contribution in [1.29, 1.82) is 0 Å². The molecule has 3 rings (SSSR count). The van der Waals surface area contributed by atoms with Crippen molar-refractivity contribution in [3.05, 3.63) is 59.7 Å². The minimum atomic E-state index is 0.149. The van der Waals surface area contributed by atoms with Crippen molar-refractivity contribution < 1.29 is 9.53 Å². The number of ether oxygens (including phenoxy) is 1. The van der Waals surface area contributed by atoms with Crippen molar-refractivity contribution in [2.24, 2.45) is 0 Å². The lowest BCUT2D eigenvalue weighted by Crippen LogP contribution is -2.29. The molecule has 0 saturated heterocycles. The largest absolute Gasteiger partial charge is 0.493 e. The molecule has 0 aromatic heterocycles. The molecule has 2 aromatic carbocycles. The normalized spacial score (nSPS) is 12.6. The third-order valence-corrected chi connectivity index (χ3v) is 3.85. The monoisotopic (exact) mass is 281 g/mol. The van der Waals surface area contributed by atoms with E-state index in [0.717, 1.165) is 42.1 Å². The van der Waals surface area contributed by atoms with E-state index in [2.05, 4.69) is 11.8 Å². The summed E-state index contributed by atoms with van der Waals surface area (Å²) in [5, 5.41) is 0. The average Bonchev–Trinajstić information content (AvgIpc) is 3.00. The van der Waals surface area contributed by atoms with Crippen LogP contribution < -0.4 is 9.64 Å². The van der Waals surface area contributed by atoms with E-state index < -0.39 is 0 Å². The second-order valence-electron chi connectivity index (χ2n) is 5.19. The van der Waals surface area contributed by atoms with Crippen molar-refractivity contribution in [2.75, 3.05) is 24.6 Å². The molecule has 21 heavy (non-hydrogen) atoms. The molecule has 1 aliphatic heterocycles. The van der Waals surface area contributed by atoms with E-state index in [1.54, 1.807) is 0 Å². The summed E-state index contributed by atoms with van der Waals surface area (Å²) in [5.74, 6) is 1.07. The Kier molecular flexibility index (Phi) is 3.91. The molecule has 3 heteroatoms. The number of Topliss-reactive ketones (excluding diaryl/α,β-unsaturated/α-hetero) is 1. The number of benzene rings is 2. The third kappa shape index (κ3) is 2.92. The minimum absolute atomic E-state index is 0.149. The van der Waals surface area contributed by atoms with Crippen LogP contribution in [0.15, 0.2) is 48.5 Å². The van der Waals surface area contributed by atoms with Gasteiger partial charge in [0.1, 0.15) is 5.75 Å². The first kappa shape index (κ1) is 13.7. The van der Waals surface area contributed by atoms with Gasteiger partial charge in [-0.05, 0) is 42.8 Å². The zero-order valence-corrected chi connectivity index (χ0v) is 12.2. The first-order valence-electron chi connectivity index (χ1n) is 7.37. The zero-order valence-electron chi connectivity index (χ0n) is 12.2. The molecule has 0 radical (unpaired) electrons. The van der Waals surface area contributed by atoms with Crippen LogP contribution in [-0.4, -0.2) is 25.5 Å². The highest BCUT2D eigenvalue weighted by Gasteiger charge is 2.16. The van der Waals surface area contributed by atoms with Gasteiger partial charge in [0.25, 0.3) is 0 Å². The quantitative estimate of drug-likeness (QED) is 0.787. The van der Waals surface area contributed by atoms with E-state index in [0.29, 0.717) is 6.54 Å². The highest BCUT2D eigenvalue weighted by atomic mass is 16.5. The number of para-hydroxylation sites is 1. The second kappa shape index (κ2) is 6.00.